The molecule has 25 heavy (non-hydrogen) atoms. The van der Waals surface area contributed by atoms with Crippen molar-refractivity contribution < 1.29 is 34.0 Å². The van der Waals surface area contributed by atoms with Crippen molar-refractivity contribution in [3.63, 3.8) is 0 Å². The number of aliphatic hydroxyl groups is 1. The number of benzene rings is 2. The van der Waals surface area contributed by atoms with E-state index in [1.165, 1.54) is 19.2 Å². The molecule has 0 aromatic heterocycles. The molecule has 0 unspecified atom stereocenters. The molecule has 0 saturated heterocycles. The van der Waals surface area contributed by atoms with Gasteiger partial charge in [-0.15, -0.1) is 0 Å². The number of phenols is 1. The number of fused-ring (bicyclic) bond motifs is 4. The van der Waals surface area contributed by atoms with Crippen molar-refractivity contribution in [3.8, 4) is 28.7 Å². The van der Waals surface area contributed by atoms with Crippen LogP contribution < -0.4 is 18.9 Å². The molecule has 0 saturated carbocycles. The van der Waals surface area contributed by atoms with Crippen LogP contribution in [-0.4, -0.2) is 36.2 Å². The van der Waals surface area contributed by atoms with Gasteiger partial charge in [-0.05, 0) is 29.7 Å². The zero-order valence-corrected chi connectivity index (χ0v) is 13.2. The minimum atomic E-state index is -1.37. The fraction of sp³-hybridized carbons (Fsp3) is 0.278. The normalized spacial score (nSPS) is 25.0. The van der Waals surface area contributed by atoms with Crippen LogP contribution in [0.5, 0.6) is 28.7 Å². The number of methoxy groups -OCH3 is 1. The van der Waals surface area contributed by atoms with Gasteiger partial charge < -0.3 is 29.2 Å². The average Bonchev–Trinajstić information content (AvgIpc) is 3.02. The van der Waals surface area contributed by atoms with Crippen LogP contribution in [0.3, 0.4) is 0 Å². The van der Waals surface area contributed by atoms with Crippen LogP contribution in [0.25, 0.3) is 0 Å². The Morgan fingerprint density at radius 3 is 2.68 bits per heavy atom. The topological polar surface area (TPSA) is 94.5 Å². The van der Waals surface area contributed by atoms with Crippen molar-refractivity contribution in [1.29, 1.82) is 0 Å². The van der Waals surface area contributed by atoms with E-state index in [2.05, 4.69) is 0 Å². The van der Waals surface area contributed by atoms with Crippen LogP contribution in [0.4, 0.5) is 0 Å². The number of carbonyl (C=O) groups is 1. The van der Waals surface area contributed by atoms with E-state index in [0.717, 1.165) is 5.56 Å². The molecule has 7 nitrogen and oxygen atoms in total. The van der Waals surface area contributed by atoms with Gasteiger partial charge in [-0.3, -0.25) is 4.79 Å². The summed E-state index contributed by atoms with van der Waals surface area (Å²) < 4.78 is 21.4. The van der Waals surface area contributed by atoms with Crippen LogP contribution in [0, 0.1) is 0 Å². The summed E-state index contributed by atoms with van der Waals surface area (Å²) in [6.45, 7) is 0.127. The number of ether oxygens (including phenoxy) is 4. The zero-order valence-electron chi connectivity index (χ0n) is 13.2. The summed E-state index contributed by atoms with van der Waals surface area (Å²) in [4.78, 5) is 13.2. The van der Waals surface area contributed by atoms with Gasteiger partial charge in [0.1, 0.15) is 28.2 Å². The van der Waals surface area contributed by atoms with Crippen LogP contribution >= 0.6 is 0 Å². The number of hydrogen-bond donors (Lipinski definition) is 2. The van der Waals surface area contributed by atoms with Crippen molar-refractivity contribution in [2.24, 2.45) is 0 Å². The maximum Gasteiger partial charge on any atom is 0.231 e. The minimum absolute atomic E-state index is 0.0504. The van der Waals surface area contributed by atoms with Crippen molar-refractivity contribution in [2.75, 3.05) is 13.9 Å². The van der Waals surface area contributed by atoms with Crippen molar-refractivity contribution >= 4 is 5.78 Å². The SMILES string of the molecule is COc1cc(O)c2c(c1)O[C@H](O)[C@]1(Cc3cc4c(cc31)OCO4)C2=O. The summed E-state index contributed by atoms with van der Waals surface area (Å²) in [7, 11) is 1.44. The minimum Gasteiger partial charge on any atom is -0.507 e. The van der Waals surface area contributed by atoms with Gasteiger partial charge in [0.25, 0.3) is 0 Å². The third kappa shape index (κ3) is 1.65. The highest BCUT2D eigenvalue weighted by Crippen LogP contribution is 2.55. The van der Waals surface area contributed by atoms with E-state index in [1.807, 2.05) is 6.07 Å². The number of aliphatic hydroxyl groups excluding tert-OH is 1. The lowest BCUT2D eigenvalue weighted by atomic mass is 9.59. The second-order valence-electron chi connectivity index (χ2n) is 6.33. The van der Waals surface area contributed by atoms with E-state index in [0.29, 0.717) is 29.2 Å². The molecule has 2 aromatic rings. The Hall–Kier alpha value is -2.93. The highest BCUT2D eigenvalue weighted by Gasteiger charge is 2.60. The summed E-state index contributed by atoms with van der Waals surface area (Å²) in [6, 6.07) is 6.34. The highest BCUT2D eigenvalue weighted by atomic mass is 16.7. The molecule has 7 heteroatoms. The molecule has 2 aliphatic heterocycles. The Labute approximate surface area is 142 Å². The van der Waals surface area contributed by atoms with E-state index in [1.54, 1.807) is 6.07 Å². The number of hydrogen-bond acceptors (Lipinski definition) is 7. The Bertz CT molecular complexity index is 936. The Kier molecular flexibility index (Phi) is 2.64. The average molecular weight is 342 g/mol. The molecular formula is C18H14O7. The number of carbonyl (C=O) groups excluding carboxylic acids is 1. The third-order valence-corrected chi connectivity index (χ3v) is 5.13. The quantitative estimate of drug-likeness (QED) is 0.811. The number of aromatic hydroxyl groups is 1. The molecule has 128 valence electrons. The monoisotopic (exact) mass is 342 g/mol. The van der Waals surface area contributed by atoms with Crippen LogP contribution in [0.15, 0.2) is 24.3 Å². The van der Waals surface area contributed by atoms with Gasteiger partial charge in [-0.25, -0.2) is 0 Å². The van der Waals surface area contributed by atoms with Crippen molar-refractivity contribution in [2.45, 2.75) is 18.1 Å². The molecular weight excluding hydrogens is 328 g/mol. The zero-order chi connectivity index (χ0) is 17.3. The maximum absolute atomic E-state index is 13.2. The first-order valence-corrected chi connectivity index (χ1v) is 7.78. The Balaban J connectivity index is 1.66. The summed E-state index contributed by atoms with van der Waals surface area (Å²) >= 11 is 0. The van der Waals surface area contributed by atoms with Crippen LogP contribution in [0.1, 0.15) is 21.5 Å². The molecule has 1 aliphatic carbocycles. The van der Waals surface area contributed by atoms with E-state index in [-0.39, 0.29) is 29.6 Å². The summed E-state index contributed by atoms with van der Waals surface area (Å²) in [5.74, 6) is 0.981. The lowest BCUT2D eigenvalue weighted by Gasteiger charge is -2.47. The van der Waals surface area contributed by atoms with E-state index in [9.17, 15) is 15.0 Å². The molecule has 2 atom stereocenters. The molecule has 1 spiro atoms. The van der Waals surface area contributed by atoms with Gasteiger partial charge in [0.05, 0.1) is 7.11 Å². The van der Waals surface area contributed by atoms with Gasteiger partial charge in [0.2, 0.25) is 13.1 Å². The van der Waals surface area contributed by atoms with Gasteiger partial charge in [-0.1, -0.05) is 0 Å². The van der Waals surface area contributed by atoms with E-state index < -0.39 is 11.7 Å². The summed E-state index contributed by atoms with van der Waals surface area (Å²) in [5.41, 5.74) is 0.316. The van der Waals surface area contributed by atoms with Gasteiger partial charge >= 0.3 is 0 Å². The third-order valence-electron chi connectivity index (χ3n) is 5.13. The first-order chi connectivity index (χ1) is 12.0. The number of Topliss-reactive ketones (excluding diaryl/α,β-unsaturated/α-hetero) is 1. The fourth-order valence-electron chi connectivity index (χ4n) is 3.83. The van der Waals surface area contributed by atoms with E-state index >= 15 is 0 Å². The van der Waals surface area contributed by atoms with Crippen LogP contribution in [0.2, 0.25) is 0 Å². The summed E-state index contributed by atoms with van der Waals surface area (Å²) in [6.07, 6.45) is -1.07. The fourth-order valence-corrected chi connectivity index (χ4v) is 3.83. The van der Waals surface area contributed by atoms with Crippen LogP contribution in [-0.2, 0) is 11.8 Å². The standard InChI is InChI=1S/C18H14O7/c1-22-9-3-11(19)15-14(4-9)25-17(21)18(16(15)20)6-8-2-12-13(5-10(8)18)24-7-23-12/h2-5,17,19,21H,6-7H2,1H3/t17-,18-/m0/s1. The Morgan fingerprint density at radius 1 is 1.16 bits per heavy atom. The first-order valence-electron chi connectivity index (χ1n) is 7.78. The molecule has 3 aliphatic rings. The second-order valence-corrected chi connectivity index (χ2v) is 6.33. The van der Waals surface area contributed by atoms with Crippen molar-refractivity contribution in [3.05, 3.63) is 41.0 Å². The largest absolute Gasteiger partial charge is 0.507 e. The number of rotatable bonds is 1. The molecule has 5 rings (SSSR count). The molecule has 0 amide bonds. The number of phenolic OH excluding ortho intramolecular Hbond substituents is 1. The molecule has 0 radical (unpaired) electrons. The molecule has 2 heterocycles. The Morgan fingerprint density at radius 2 is 1.92 bits per heavy atom. The number of ketones is 1. The highest BCUT2D eigenvalue weighted by molar-refractivity contribution is 6.11. The predicted octanol–water partition coefficient (Wildman–Crippen LogP) is 1.52. The summed E-state index contributed by atoms with van der Waals surface area (Å²) in [5, 5.41) is 20.9. The van der Waals surface area contributed by atoms with Gasteiger partial charge in [-0.2, -0.15) is 0 Å². The lowest BCUT2D eigenvalue weighted by Crippen LogP contribution is -2.59. The molecule has 0 fully saturated rings. The lowest BCUT2D eigenvalue weighted by molar-refractivity contribution is -0.0818. The van der Waals surface area contributed by atoms with Crippen molar-refractivity contribution in [1.82, 2.24) is 0 Å². The maximum atomic E-state index is 13.2. The van der Waals surface area contributed by atoms with E-state index in [4.69, 9.17) is 18.9 Å². The van der Waals surface area contributed by atoms with Gasteiger partial charge in [0, 0.05) is 12.1 Å². The molecule has 2 aromatic carbocycles. The smallest absolute Gasteiger partial charge is 0.231 e. The first kappa shape index (κ1) is 14.4. The molecule has 2 N–H and O–H groups in total. The molecule has 0 bridgehead atoms. The van der Waals surface area contributed by atoms with Gasteiger partial charge in [0.15, 0.2) is 17.3 Å². The predicted molar refractivity (Wildman–Crippen MR) is 83.6 cm³/mol. The second kappa shape index (κ2) is 4.58.